The summed E-state index contributed by atoms with van der Waals surface area (Å²) in [6.45, 7) is 1.26. The highest BCUT2D eigenvalue weighted by atomic mass is 19.1. The standard InChI is InChI=1S/C30H23F3N6O2/c31-18-4-3-5-20(12-18)39-17-34-27(36-39)29(41)37-10-8-30(9-11-37)16-38(26-7-2-1-6-22(26)30)28(40)25-15-21-23(33)13-19(32)14-24(21)35-25/h1-7,12-15,17,35H,8-11,16H2. The Labute approximate surface area is 232 Å². The molecule has 206 valence electrons. The SMILES string of the molecule is O=C(c1ncn(-c2cccc(F)c2)n1)N1CCC2(CC1)CN(C(=O)c1cc3c(F)cc(F)cc3[nH]1)c1ccccc12. The molecule has 0 saturated carbocycles. The van der Waals surface area contributed by atoms with Gasteiger partial charge < -0.3 is 14.8 Å². The van der Waals surface area contributed by atoms with Gasteiger partial charge in [0.1, 0.15) is 29.5 Å². The first kappa shape index (κ1) is 25.1. The van der Waals surface area contributed by atoms with Crippen LogP contribution in [0.15, 0.2) is 73.1 Å². The Bertz CT molecular complexity index is 1840. The number of anilines is 1. The number of carbonyl (C=O) groups excluding carboxylic acids is 2. The molecule has 1 fully saturated rings. The number of carbonyl (C=O) groups is 2. The van der Waals surface area contributed by atoms with Crippen LogP contribution in [-0.4, -0.2) is 56.1 Å². The molecule has 0 radical (unpaired) electrons. The van der Waals surface area contributed by atoms with Crippen LogP contribution in [0, 0.1) is 17.5 Å². The summed E-state index contributed by atoms with van der Waals surface area (Å²) in [5.74, 6) is -2.50. The number of rotatable bonds is 3. The van der Waals surface area contributed by atoms with Crippen molar-refractivity contribution >= 4 is 28.4 Å². The highest BCUT2D eigenvalue weighted by Crippen LogP contribution is 2.47. The largest absolute Gasteiger partial charge is 0.350 e. The lowest BCUT2D eigenvalue weighted by Crippen LogP contribution is -2.48. The first-order chi connectivity index (χ1) is 19.8. The molecule has 1 spiro atoms. The van der Waals surface area contributed by atoms with Gasteiger partial charge in [-0.2, -0.15) is 0 Å². The predicted molar refractivity (Wildman–Crippen MR) is 144 cm³/mol. The third-order valence-electron chi connectivity index (χ3n) is 8.12. The summed E-state index contributed by atoms with van der Waals surface area (Å²) < 4.78 is 43.0. The molecule has 2 aliphatic heterocycles. The number of piperidine rings is 1. The number of halogens is 3. The zero-order chi connectivity index (χ0) is 28.3. The molecule has 2 aromatic heterocycles. The summed E-state index contributed by atoms with van der Waals surface area (Å²) in [4.78, 5) is 37.3. The van der Waals surface area contributed by atoms with Crippen LogP contribution in [0.3, 0.4) is 0 Å². The Kier molecular flexibility index (Phi) is 5.70. The maximum absolute atomic E-state index is 14.3. The van der Waals surface area contributed by atoms with Gasteiger partial charge in [-0.05, 0) is 54.8 Å². The van der Waals surface area contributed by atoms with Gasteiger partial charge in [-0.25, -0.2) is 22.8 Å². The van der Waals surface area contributed by atoms with Crippen LogP contribution in [-0.2, 0) is 5.41 Å². The van der Waals surface area contributed by atoms with Crippen molar-refractivity contribution in [2.75, 3.05) is 24.5 Å². The van der Waals surface area contributed by atoms with E-state index in [2.05, 4.69) is 15.1 Å². The fraction of sp³-hybridized carbons (Fsp3) is 0.200. The average Bonchev–Trinajstić information content (AvgIpc) is 3.70. The van der Waals surface area contributed by atoms with Gasteiger partial charge in [0, 0.05) is 42.2 Å². The first-order valence-electron chi connectivity index (χ1n) is 13.2. The van der Waals surface area contributed by atoms with E-state index < -0.39 is 17.5 Å². The predicted octanol–water partition coefficient (Wildman–Crippen LogP) is 5.00. The van der Waals surface area contributed by atoms with Gasteiger partial charge in [0.15, 0.2) is 0 Å². The second kappa shape index (κ2) is 9.33. The fourth-order valence-corrected chi connectivity index (χ4v) is 6.04. The van der Waals surface area contributed by atoms with Gasteiger partial charge in [0.2, 0.25) is 5.82 Å². The van der Waals surface area contributed by atoms with Gasteiger partial charge >= 0.3 is 0 Å². The van der Waals surface area contributed by atoms with Crippen LogP contribution in [0.2, 0.25) is 0 Å². The summed E-state index contributed by atoms with van der Waals surface area (Å²) in [6.07, 6.45) is 2.60. The van der Waals surface area contributed by atoms with E-state index in [9.17, 15) is 22.8 Å². The van der Waals surface area contributed by atoms with Crippen molar-refractivity contribution in [1.29, 1.82) is 0 Å². The zero-order valence-corrected chi connectivity index (χ0v) is 21.7. The number of benzene rings is 3. The molecule has 4 heterocycles. The lowest BCUT2D eigenvalue weighted by Gasteiger charge is -2.39. The third-order valence-corrected chi connectivity index (χ3v) is 8.12. The molecule has 3 aromatic carbocycles. The Morgan fingerprint density at radius 1 is 0.878 bits per heavy atom. The van der Waals surface area contributed by atoms with Crippen LogP contribution in [0.25, 0.3) is 16.6 Å². The molecule has 2 aliphatic rings. The quantitative estimate of drug-likeness (QED) is 0.339. The van der Waals surface area contributed by atoms with E-state index in [-0.39, 0.29) is 39.7 Å². The normalized spacial score (nSPS) is 16.0. The van der Waals surface area contributed by atoms with Crippen molar-refractivity contribution in [3.05, 3.63) is 108 Å². The minimum atomic E-state index is -0.735. The summed E-state index contributed by atoms with van der Waals surface area (Å²) >= 11 is 0. The molecular formula is C30H23F3N6O2. The third kappa shape index (κ3) is 4.16. The average molecular weight is 557 g/mol. The summed E-state index contributed by atoms with van der Waals surface area (Å²) in [7, 11) is 0. The number of aromatic amines is 1. The lowest BCUT2D eigenvalue weighted by atomic mass is 9.74. The highest BCUT2D eigenvalue weighted by molar-refractivity contribution is 6.09. The topological polar surface area (TPSA) is 87.1 Å². The van der Waals surface area contributed by atoms with Crippen molar-refractivity contribution in [2.45, 2.75) is 18.3 Å². The molecule has 11 heteroatoms. The van der Waals surface area contributed by atoms with Gasteiger partial charge in [0.25, 0.3) is 11.8 Å². The summed E-state index contributed by atoms with van der Waals surface area (Å²) in [6, 6.07) is 16.9. The van der Waals surface area contributed by atoms with Crippen molar-refractivity contribution < 1.29 is 22.8 Å². The minimum absolute atomic E-state index is 0.0244. The van der Waals surface area contributed by atoms with E-state index in [1.54, 1.807) is 21.9 Å². The maximum Gasteiger partial charge on any atom is 0.293 e. The van der Waals surface area contributed by atoms with E-state index in [0.717, 1.165) is 23.4 Å². The molecular weight excluding hydrogens is 533 g/mol. The Balaban J connectivity index is 1.11. The molecule has 5 aromatic rings. The molecule has 8 nitrogen and oxygen atoms in total. The number of para-hydroxylation sites is 1. The number of H-pyrrole nitrogens is 1. The van der Waals surface area contributed by atoms with Crippen molar-refractivity contribution in [3.63, 3.8) is 0 Å². The van der Waals surface area contributed by atoms with E-state index in [0.29, 0.717) is 38.2 Å². The van der Waals surface area contributed by atoms with Crippen LogP contribution in [0.4, 0.5) is 18.9 Å². The van der Waals surface area contributed by atoms with Gasteiger partial charge in [-0.3, -0.25) is 9.59 Å². The molecule has 2 amide bonds. The van der Waals surface area contributed by atoms with E-state index in [1.807, 2.05) is 24.3 Å². The summed E-state index contributed by atoms with van der Waals surface area (Å²) in [5, 5.41) is 4.41. The Hall–Kier alpha value is -4.93. The Morgan fingerprint density at radius 2 is 1.68 bits per heavy atom. The number of hydrogen-bond donors (Lipinski definition) is 1. The number of fused-ring (bicyclic) bond motifs is 3. The first-order valence-corrected chi connectivity index (χ1v) is 13.2. The van der Waals surface area contributed by atoms with Gasteiger partial charge in [-0.1, -0.05) is 24.3 Å². The maximum atomic E-state index is 14.3. The van der Waals surface area contributed by atoms with E-state index in [4.69, 9.17) is 0 Å². The van der Waals surface area contributed by atoms with Gasteiger partial charge in [0.05, 0.1) is 11.2 Å². The second-order valence-electron chi connectivity index (χ2n) is 10.5. The van der Waals surface area contributed by atoms with Crippen molar-refractivity contribution in [3.8, 4) is 5.69 Å². The molecule has 0 atom stereocenters. The number of likely N-dealkylation sites (tertiary alicyclic amines) is 1. The van der Waals surface area contributed by atoms with Crippen molar-refractivity contribution in [1.82, 2.24) is 24.6 Å². The lowest BCUT2D eigenvalue weighted by molar-refractivity contribution is 0.0658. The molecule has 1 N–H and O–H groups in total. The molecule has 0 bridgehead atoms. The number of nitrogens with zero attached hydrogens (tertiary/aromatic N) is 5. The number of aromatic nitrogens is 4. The van der Waals surface area contributed by atoms with Crippen LogP contribution in [0.1, 0.15) is 39.5 Å². The van der Waals surface area contributed by atoms with Crippen LogP contribution < -0.4 is 4.90 Å². The second-order valence-corrected chi connectivity index (χ2v) is 10.5. The number of amides is 2. The summed E-state index contributed by atoms with van der Waals surface area (Å²) in [5.41, 5.74) is 2.25. The molecule has 7 rings (SSSR count). The van der Waals surface area contributed by atoms with E-state index in [1.165, 1.54) is 29.2 Å². The monoisotopic (exact) mass is 556 g/mol. The van der Waals surface area contributed by atoms with Crippen molar-refractivity contribution in [2.24, 2.45) is 0 Å². The minimum Gasteiger partial charge on any atom is -0.350 e. The van der Waals surface area contributed by atoms with Crippen LogP contribution >= 0.6 is 0 Å². The smallest absolute Gasteiger partial charge is 0.293 e. The fourth-order valence-electron chi connectivity index (χ4n) is 6.04. The number of hydrogen-bond acceptors (Lipinski definition) is 4. The van der Waals surface area contributed by atoms with E-state index >= 15 is 0 Å². The number of nitrogens with one attached hydrogen (secondary N) is 1. The molecule has 0 unspecified atom stereocenters. The molecule has 41 heavy (non-hydrogen) atoms. The highest BCUT2D eigenvalue weighted by Gasteiger charge is 2.47. The van der Waals surface area contributed by atoms with Gasteiger partial charge in [-0.15, -0.1) is 5.10 Å². The molecule has 1 saturated heterocycles. The zero-order valence-electron chi connectivity index (χ0n) is 21.7. The Morgan fingerprint density at radius 3 is 2.49 bits per heavy atom. The van der Waals surface area contributed by atoms with Crippen LogP contribution in [0.5, 0.6) is 0 Å². The molecule has 0 aliphatic carbocycles.